The van der Waals surface area contributed by atoms with Crippen LogP contribution in [-0.2, 0) is 17.8 Å². The third kappa shape index (κ3) is 8.58. The molecular weight excluding hydrogens is 641 g/mol. The molecule has 4 heterocycles. The van der Waals surface area contributed by atoms with Gasteiger partial charge in [0.1, 0.15) is 0 Å². The van der Waals surface area contributed by atoms with E-state index in [1.165, 1.54) is 43.7 Å². The Labute approximate surface area is 269 Å². The third-order valence-corrected chi connectivity index (χ3v) is 6.81. The van der Waals surface area contributed by atoms with Gasteiger partial charge < -0.3 is 20.3 Å². The van der Waals surface area contributed by atoms with E-state index in [-0.39, 0.29) is 29.9 Å². The van der Waals surface area contributed by atoms with Crippen molar-refractivity contribution in [3.8, 4) is 0 Å². The maximum Gasteiger partial charge on any atom is 0.393 e. The minimum atomic E-state index is -4.13. The van der Waals surface area contributed by atoms with Gasteiger partial charge in [-0.1, -0.05) is 20.8 Å². The molecule has 1 aliphatic rings. The minimum absolute atomic E-state index is 0.135. The second-order valence-electron chi connectivity index (χ2n) is 10.8. The fourth-order valence-corrected chi connectivity index (χ4v) is 3.46. The lowest BCUT2D eigenvalue weighted by atomic mass is 9.43. The Morgan fingerprint density at radius 1 is 1.15 bits per heavy atom. The van der Waals surface area contributed by atoms with Crippen molar-refractivity contribution < 1.29 is 49.7 Å². The van der Waals surface area contributed by atoms with Crippen molar-refractivity contribution >= 4 is 49.0 Å². The predicted molar refractivity (Wildman–Crippen MR) is 154 cm³/mol. The average molecular weight is 668 g/mol. The summed E-state index contributed by atoms with van der Waals surface area (Å²) in [7, 11) is 24.9. The number of halogens is 7. The summed E-state index contributed by atoms with van der Waals surface area (Å²) >= 11 is 0. The summed E-state index contributed by atoms with van der Waals surface area (Å²) in [6.45, 7) is 3.22. The number of imidazole rings is 1. The van der Waals surface area contributed by atoms with Crippen LogP contribution in [-0.4, -0.2) is 110 Å². The number of ether oxygens (including phenoxy) is 1. The Balaban J connectivity index is 0.000000548. The van der Waals surface area contributed by atoms with E-state index in [1.54, 1.807) is 19.5 Å². The van der Waals surface area contributed by atoms with Crippen molar-refractivity contribution in [2.24, 2.45) is 5.41 Å². The number of carbonyl (C=O) groups excluding carboxylic acids is 2. The van der Waals surface area contributed by atoms with Gasteiger partial charge in [-0.25, -0.2) is 36.5 Å². The average Bonchev–Trinajstić information content (AvgIpc) is 3.61. The summed E-state index contributed by atoms with van der Waals surface area (Å²) in [4.78, 5) is 29.0. The molecule has 1 saturated heterocycles. The molecule has 23 heteroatoms. The second kappa shape index (κ2) is 14.6. The molecule has 0 aromatic carbocycles. The zero-order valence-electron chi connectivity index (χ0n) is 25.7. The Morgan fingerprint density at radius 2 is 1.74 bits per heavy atom. The second-order valence-corrected chi connectivity index (χ2v) is 10.8. The van der Waals surface area contributed by atoms with E-state index in [2.05, 4.69) is 35.1 Å². The van der Waals surface area contributed by atoms with Crippen molar-refractivity contribution in [1.82, 2.24) is 40.4 Å². The summed E-state index contributed by atoms with van der Waals surface area (Å²) in [6, 6.07) is 0.256. The van der Waals surface area contributed by atoms with Crippen LogP contribution < -0.4 is 10.6 Å². The lowest BCUT2D eigenvalue weighted by Gasteiger charge is -2.56. The smallest absolute Gasteiger partial charge is 0.388 e. The van der Waals surface area contributed by atoms with Crippen LogP contribution in [0.25, 0.3) is 5.65 Å². The number of rotatable bonds is 7. The lowest BCUT2D eigenvalue weighted by molar-refractivity contribution is -0.212. The number of aromatic nitrogens is 5. The SMILES string of the molecule is CCC(C)(C)C(F)(F)F.COC.[B]C1([B])NC(=O)N(Cc2cnn3cc(CNC(=O)c4nonc4C(F)F)nc3c2)C([B])([B])C1(F)F. The number of hydrogen-bond donors (Lipinski definition) is 2. The first-order valence-electron chi connectivity index (χ1n) is 13.3. The molecule has 3 aromatic heterocycles. The van der Waals surface area contributed by atoms with Crippen LogP contribution in [0.1, 0.15) is 61.1 Å². The van der Waals surface area contributed by atoms with Gasteiger partial charge in [0, 0.05) is 31.4 Å². The summed E-state index contributed by atoms with van der Waals surface area (Å²) in [5.74, 6) is -5.10. The fourth-order valence-electron chi connectivity index (χ4n) is 3.46. The van der Waals surface area contributed by atoms with Crippen LogP contribution in [0.4, 0.5) is 35.5 Å². The number of alkyl halides is 7. The number of methoxy groups -OCH3 is 1. The van der Waals surface area contributed by atoms with Gasteiger partial charge in [-0.2, -0.15) is 18.3 Å². The number of hydrogen-bond acceptors (Lipinski definition) is 8. The molecule has 248 valence electrons. The zero-order valence-corrected chi connectivity index (χ0v) is 25.7. The first-order valence-corrected chi connectivity index (χ1v) is 13.3. The molecule has 0 bridgehead atoms. The first kappa shape index (κ1) is 39.4. The molecule has 4 rings (SSSR count). The molecule has 0 atom stereocenters. The molecule has 1 aliphatic heterocycles. The van der Waals surface area contributed by atoms with Gasteiger partial charge in [0.05, 0.1) is 61.4 Å². The van der Waals surface area contributed by atoms with Crippen LogP contribution in [0.3, 0.4) is 0 Å². The van der Waals surface area contributed by atoms with Crippen molar-refractivity contribution in [2.45, 2.75) is 69.5 Å². The Bertz CT molecular complexity index is 1540. The number of carbonyl (C=O) groups is 2. The monoisotopic (exact) mass is 668 g/mol. The van der Waals surface area contributed by atoms with Gasteiger partial charge in [0.25, 0.3) is 18.3 Å². The molecule has 12 nitrogen and oxygen atoms in total. The number of fused-ring (bicyclic) bond motifs is 1. The van der Waals surface area contributed by atoms with E-state index in [4.69, 9.17) is 31.4 Å². The predicted octanol–water partition coefficient (Wildman–Crippen LogP) is 2.37. The molecule has 3 amide bonds. The molecule has 47 heavy (non-hydrogen) atoms. The molecule has 3 aromatic rings. The summed E-state index contributed by atoms with van der Waals surface area (Å²) < 4.78 is 100. The topological polar surface area (TPSA) is 140 Å². The van der Waals surface area contributed by atoms with Crippen LogP contribution in [0, 0.1) is 5.41 Å². The van der Waals surface area contributed by atoms with Gasteiger partial charge in [-0.3, -0.25) is 4.79 Å². The maximum atomic E-state index is 14.6. The van der Waals surface area contributed by atoms with E-state index >= 15 is 0 Å². The molecule has 8 radical (unpaired) electrons. The van der Waals surface area contributed by atoms with Crippen molar-refractivity contribution in [1.29, 1.82) is 0 Å². The van der Waals surface area contributed by atoms with Gasteiger partial charge in [0.2, 0.25) is 5.69 Å². The normalized spacial score (nSPS) is 16.9. The number of nitrogens with one attached hydrogen (secondary N) is 2. The van der Waals surface area contributed by atoms with E-state index < -0.39 is 64.5 Å². The number of urea groups is 1. The van der Waals surface area contributed by atoms with Gasteiger partial charge >= 0.3 is 12.2 Å². The van der Waals surface area contributed by atoms with E-state index in [9.17, 15) is 40.3 Å². The van der Waals surface area contributed by atoms with Crippen LogP contribution in [0.2, 0.25) is 0 Å². The summed E-state index contributed by atoms with van der Waals surface area (Å²) in [5.41, 5.74) is -2.45. The van der Waals surface area contributed by atoms with Crippen LogP contribution in [0.5, 0.6) is 0 Å². The molecule has 2 N–H and O–H groups in total. The molecule has 0 unspecified atom stereocenters. The molecule has 0 aliphatic carbocycles. The third-order valence-electron chi connectivity index (χ3n) is 6.81. The Kier molecular flexibility index (Phi) is 12.2. The highest BCUT2D eigenvalue weighted by Gasteiger charge is 2.62. The Morgan fingerprint density at radius 3 is 2.26 bits per heavy atom. The van der Waals surface area contributed by atoms with E-state index in [0.717, 1.165) is 0 Å². The number of nitrogens with zero attached hydrogens (tertiary/aromatic N) is 6. The quantitative estimate of drug-likeness (QED) is 0.289. The van der Waals surface area contributed by atoms with Crippen molar-refractivity contribution in [3.05, 3.63) is 41.1 Å². The minimum Gasteiger partial charge on any atom is -0.388 e. The molecule has 0 saturated carbocycles. The van der Waals surface area contributed by atoms with Crippen molar-refractivity contribution in [2.75, 3.05) is 14.2 Å². The zero-order chi connectivity index (χ0) is 36.2. The largest absolute Gasteiger partial charge is 0.393 e. The van der Waals surface area contributed by atoms with E-state index in [1.807, 2.05) is 0 Å². The molecular formula is C24H27B4F7N8O4. The van der Waals surface area contributed by atoms with Crippen molar-refractivity contribution in [3.63, 3.8) is 0 Å². The standard InChI is InChI=1S/C16H10B4F4N8O3.C6H11F3.C2H6O/c17-15(18)14(23,24)16(19,20)31(13(34)28-15)4-6-1-8-27-7(5-32(8)26-2-6)3-25-12(33)10-9(11(21)22)29-35-30-10;1-4-5(2,3)6(7,8)9;1-3-2/h1-2,5,11H,3-4H2,(H,25,33)(H,28,34);4H2,1-3H3;1-2H3. The van der Waals surface area contributed by atoms with Gasteiger partial charge in [-0.05, 0) is 28.4 Å². The Hall–Kier alpha value is -3.77. The first-order chi connectivity index (χ1) is 21.5. The highest BCUT2D eigenvalue weighted by atomic mass is 19.4. The van der Waals surface area contributed by atoms with Gasteiger partial charge in [-0.15, -0.1) is 0 Å². The lowest BCUT2D eigenvalue weighted by Crippen LogP contribution is -2.82. The molecule has 1 fully saturated rings. The summed E-state index contributed by atoms with van der Waals surface area (Å²) in [5, 5.41) is 8.24. The maximum absolute atomic E-state index is 14.6. The van der Waals surface area contributed by atoms with Crippen LogP contribution in [0.15, 0.2) is 23.1 Å². The highest BCUT2D eigenvalue weighted by molar-refractivity contribution is 6.48. The van der Waals surface area contributed by atoms with Crippen LogP contribution >= 0.6 is 0 Å². The highest BCUT2D eigenvalue weighted by Crippen LogP contribution is 2.41. The molecule has 0 spiro atoms. The van der Waals surface area contributed by atoms with E-state index in [0.29, 0.717) is 4.90 Å². The summed E-state index contributed by atoms with van der Waals surface area (Å²) in [6.07, 6.45) is -4.34. The van der Waals surface area contributed by atoms with Gasteiger partial charge in [0.15, 0.2) is 11.3 Å². The fraction of sp³-hybridized carbons (Fsp3) is 0.583. The number of amides is 3.